The molecule has 2 fully saturated rings. The van der Waals surface area contributed by atoms with Crippen molar-refractivity contribution >= 4 is 0 Å². The lowest BCUT2D eigenvalue weighted by molar-refractivity contribution is 0.175. The second-order valence-corrected chi connectivity index (χ2v) is 5.14. The van der Waals surface area contributed by atoms with Crippen LogP contribution in [-0.4, -0.2) is 50.3 Å². The highest BCUT2D eigenvalue weighted by Gasteiger charge is 2.24. The van der Waals surface area contributed by atoms with E-state index in [1.807, 2.05) is 0 Å². The van der Waals surface area contributed by atoms with Crippen LogP contribution in [0, 0.1) is 5.92 Å². The van der Waals surface area contributed by atoms with Crippen LogP contribution >= 0.6 is 0 Å². The maximum absolute atomic E-state index is 5.47. The molecule has 0 radical (unpaired) electrons. The van der Waals surface area contributed by atoms with E-state index in [0.717, 1.165) is 25.7 Å². The zero-order valence-corrected chi connectivity index (χ0v) is 10.6. The molecule has 1 N–H and O–H groups in total. The lowest BCUT2D eigenvalue weighted by atomic mass is 9.97. The minimum absolute atomic E-state index is 0.671. The Labute approximate surface area is 99.5 Å². The average molecular weight is 226 g/mol. The lowest BCUT2D eigenvalue weighted by Gasteiger charge is -2.24. The quantitative estimate of drug-likeness (QED) is 0.742. The molecule has 16 heavy (non-hydrogen) atoms. The van der Waals surface area contributed by atoms with Crippen LogP contribution in [0.4, 0.5) is 0 Å². The highest BCUT2D eigenvalue weighted by Crippen LogP contribution is 2.18. The van der Waals surface area contributed by atoms with E-state index in [9.17, 15) is 0 Å². The van der Waals surface area contributed by atoms with Crippen molar-refractivity contribution in [3.63, 3.8) is 0 Å². The van der Waals surface area contributed by atoms with Gasteiger partial charge in [-0.25, -0.2) is 0 Å². The molecular weight excluding hydrogens is 200 g/mol. The number of nitrogens with one attached hydrogen (secondary N) is 1. The summed E-state index contributed by atoms with van der Waals surface area (Å²) < 4.78 is 5.47. The van der Waals surface area contributed by atoms with Crippen LogP contribution < -0.4 is 5.32 Å². The van der Waals surface area contributed by atoms with E-state index in [4.69, 9.17) is 4.74 Å². The van der Waals surface area contributed by atoms with Gasteiger partial charge in [0.2, 0.25) is 0 Å². The van der Waals surface area contributed by atoms with E-state index in [1.165, 1.54) is 45.3 Å². The van der Waals surface area contributed by atoms with Crippen molar-refractivity contribution in [1.29, 1.82) is 0 Å². The van der Waals surface area contributed by atoms with E-state index in [0.29, 0.717) is 6.04 Å². The molecule has 2 unspecified atom stereocenters. The summed E-state index contributed by atoms with van der Waals surface area (Å²) in [6.07, 6.45) is 5.27. The molecule has 2 saturated heterocycles. The Bertz CT molecular complexity index is 186. The summed E-state index contributed by atoms with van der Waals surface area (Å²) in [6, 6.07) is 0.671. The van der Waals surface area contributed by atoms with Crippen LogP contribution in [0.15, 0.2) is 0 Å². The molecule has 2 heterocycles. The Morgan fingerprint density at radius 3 is 2.81 bits per heavy atom. The molecule has 0 aromatic carbocycles. The minimum Gasteiger partial charge on any atom is -0.381 e. The van der Waals surface area contributed by atoms with Crippen LogP contribution in [0.2, 0.25) is 0 Å². The fourth-order valence-corrected chi connectivity index (χ4v) is 2.93. The average Bonchev–Trinajstić information content (AvgIpc) is 2.96. The van der Waals surface area contributed by atoms with Crippen molar-refractivity contribution in [3.8, 4) is 0 Å². The summed E-state index contributed by atoms with van der Waals surface area (Å²) in [7, 11) is 0. The maximum Gasteiger partial charge on any atom is 0.0509 e. The van der Waals surface area contributed by atoms with Crippen LogP contribution in [0.25, 0.3) is 0 Å². The Hall–Kier alpha value is -0.120. The first-order valence-electron chi connectivity index (χ1n) is 6.93. The van der Waals surface area contributed by atoms with Crippen molar-refractivity contribution in [2.75, 3.05) is 39.4 Å². The van der Waals surface area contributed by atoms with Gasteiger partial charge in [-0.2, -0.15) is 0 Å². The van der Waals surface area contributed by atoms with Gasteiger partial charge in [-0.15, -0.1) is 0 Å². The largest absolute Gasteiger partial charge is 0.381 e. The number of ether oxygens (including phenoxy) is 1. The standard InChI is InChI=1S/C13H26N2O/c1-2-13(12-5-10-16-11-12)14-6-9-15-7-3-4-8-15/h12-14H,2-11H2,1H3. The van der Waals surface area contributed by atoms with E-state index >= 15 is 0 Å². The van der Waals surface area contributed by atoms with Crippen LogP contribution in [0.5, 0.6) is 0 Å². The summed E-state index contributed by atoms with van der Waals surface area (Å²) in [5, 5.41) is 3.72. The van der Waals surface area contributed by atoms with E-state index in [1.54, 1.807) is 0 Å². The van der Waals surface area contributed by atoms with Crippen LogP contribution in [0.3, 0.4) is 0 Å². The molecule has 3 heteroatoms. The molecule has 2 rings (SSSR count). The summed E-state index contributed by atoms with van der Waals surface area (Å²) in [4.78, 5) is 2.57. The summed E-state index contributed by atoms with van der Waals surface area (Å²) in [6.45, 7) is 9.21. The lowest BCUT2D eigenvalue weighted by Crippen LogP contribution is -2.40. The van der Waals surface area contributed by atoms with Gasteiger partial charge in [0.15, 0.2) is 0 Å². The highest BCUT2D eigenvalue weighted by atomic mass is 16.5. The zero-order chi connectivity index (χ0) is 11.2. The number of nitrogens with zero attached hydrogens (tertiary/aromatic N) is 1. The number of hydrogen-bond donors (Lipinski definition) is 1. The molecule has 0 aliphatic carbocycles. The highest BCUT2D eigenvalue weighted by molar-refractivity contribution is 4.79. The summed E-state index contributed by atoms with van der Waals surface area (Å²) in [5.74, 6) is 0.753. The fraction of sp³-hybridized carbons (Fsp3) is 1.00. The zero-order valence-electron chi connectivity index (χ0n) is 10.6. The van der Waals surface area contributed by atoms with Gasteiger partial charge in [0, 0.05) is 25.7 Å². The topological polar surface area (TPSA) is 24.5 Å². The van der Waals surface area contributed by atoms with Gasteiger partial charge in [0.05, 0.1) is 6.61 Å². The predicted octanol–water partition coefficient (Wildman–Crippen LogP) is 1.49. The van der Waals surface area contributed by atoms with Gasteiger partial charge in [-0.05, 0) is 44.7 Å². The van der Waals surface area contributed by atoms with Gasteiger partial charge < -0.3 is 15.0 Å². The Kier molecular flexibility index (Phi) is 5.07. The SMILES string of the molecule is CCC(NCCN1CCCC1)C1CCOC1. The van der Waals surface area contributed by atoms with Crippen LogP contribution in [-0.2, 0) is 4.74 Å². The first-order chi connectivity index (χ1) is 7.90. The second-order valence-electron chi connectivity index (χ2n) is 5.14. The number of hydrogen-bond acceptors (Lipinski definition) is 3. The first-order valence-corrected chi connectivity index (χ1v) is 6.93. The number of rotatable bonds is 6. The number of likely N-dealkylation sites (tertiary alicyclic amines) is 1. The summed E-state index contributed by atoms with van der Waals surface area (Å²) in [5.41, 5.74) is 0. The molecule has 0 aromatic heterocycles. The molecule has 94 valence electrons. The minimum atomic E-state index is 0.671. The van der Waals surface area contributed by atoms with Gasteiger partial charge in [-0.1, -0.05) is 6.92 Å². The van der Waals surface area contributed by atoms with Gasteiger partial charge >= 0.3 is 0 Å². The second kappa shape index (κ2) is 6.58. The van der Waals surface area contributed by atoms with Crippen molar-refractivity contribution in [2.45, 2.75) is 38.6 Å². The molecule has 2 atom stereocenters. The van der Waals surface area contributed by atoms with Crippen molar-refractivity contribution in [1.82, 2.24) is 10.2 Å². The van der Waals surface area contributed by atoms with Crippen molar-refractivity contribution in [2.24, 2.45) is 5.92 Å². The monoisotopic (exact) mass is 226 g/mol. The smallest absolute Gasteiger partial charge is 0.0509 e. The first kappa shape index (κ1) is 12.3. The van der Waals surface area contributed by atoms with E-state index in [2.05, 4.69) is 17.1 Å². The molecule has 2 aliphatic heterocycles. The summed E-state index contributed by atoms with van der Waals surface area (Å²) >= 11 is 0. The third-order valence-corrected chi connectivity index (χ3v) is 4.01. The van der Waals surface area contributed by atoms with E-state index in [-0.39, 0.29) is 0 Å². The molecule has 0 aromatic rings. The normalized spacial score (nSPS) is 28.7. The maximum atomic E-state index is 5.47. The molecule has 0 bridgehead atoms. The predicted molar refractivity (Wildman–Crippen MR) is 66.7 cm³/mol. The molecular formula is C13H26N2O. The van der Waals surface area contributed by atoms with E-state index < -0.39 is 0 Å². The van der Waals surface area contributed by atoms with Crippen LogP contribution in [0.1, 0.15) is 32.6 Å². The van der Waals surface area contributed by atoms with Gasteiger partial charge in [0.1, 0.15) is 0 Å². The molecule has 0 spiro atoms. The molecule has 0 saturated carbocycles. The molecule has 0 amide bonds. The Balaban J connectivity index is 1.62. The van der Waals surface area contributed by atoms with Crippen molar-refractivity contribution < 1.29 is 4.74 Å². The van der Waals surface area contributed by atoms with Gasteiger partial charge in [0.25, 0.3) is 0 Å². The third-order valence-electron chi connectivity index (χ3n) is 4.01. The fourth-order valence-electron chi connectivity index (χ4n) is 2.93. The van der Waals surface area contributed by atoms with Crippen molar-refractivity contribution in [3.05, 3.63) is 0 Å². The Morgan fingerprint density at radius 1 is 1.38 bits per heavy atom. The third kappa shape index (κ3) is 3.44. The molecule has 2 aliphatic rings. The molecule has 3 nitrogen and oxygen atoms in total. The van der Waals surface area contributed by atoms with Gasteiger partial charge in [-0.3, -0.25) is 0 Å². The Morgan fingerprint density at radius 2 is 2.19 bits per heavy atom.